The van der Waals surface area contributed by atoms with E-state index in [-0.39, 0.29) is 19.1 Å². The number of para-hydroxylation sites is 1. The number of benzene rings is 1. The van der Waals surface area contributed by atoms with Gasteiger partial charge in [0.1, 0.15) is 31.1 Å². The van der Waals surface area contributed by atoms with Gasteiger partial charge in [0.15, 0.2) is 5.82 Å². The van der Waals surface area contributed by atoms with Gasteiger partial charge in [0.2, 0.25) is 0 Å². The van der Waals surface area contributed by atoms with Crippen molar-refractivity contribution >= 4 is 5.91 Å². The highest BCUT2D eigenvalue weighted by Gasteiger charge is 2.11. The molecule has 128 valence electrons. The lowest BCUT2D eigenvalue weighted by atomic mass is 10.2. The van der Waals surface area contributed by atoms with E-state index in [1.165, 1.54) is 23.5 Å². The highest BCUT2D eigenvalue weighted by Crippen LogP contribution is 2.08. The first kappa shape index (κ1) is 16.6. The van der Waals surface area contributed by atoms with Gasteiger partial charge in [-0.2, -0.15) is 5.10 Å². The maximum absolute atomic E-state index is 12.2. The zero-order valence-electron chi connectivity index (χ0n) is 13.3. The molecule has 0 fully saturated rings. The van der Waals surface area contributed by atoms with Gasteiger partial charge < -0.3 is 15.2 Å². The highest BCUT2D eigenvalue weighted by atomic mass is 16.5. The van der Waals surface area contributed by atoms with Crippen LogP contribution in [0.1, 0.15) is 10.4 Å². The van der Waals surface area contributed by atoms with E-state index in [1.807, 2.05) is 18.2 Å². The van der Waals surface area contributed by atoms with Crippen LogP contribution >= 0.6 is 0 Å². The lowest BCUT2D eigenvalue weighted by Gasteiger charge is -2.13. The van der Waals surface area contributed by atoms with Gasteiger partial charge in [0.05, 0.1) is 0 Å². The fourth-order valence-electron chi connectivity index (χ4n) is 2.09. The molecule has 2 N–H and O–H groups in total. The summed E-state index contributed by atoms with van der Waals surface area (Å²) in [6.45, 7) is 0.164. The number of ether oxygens (including phenoxy) is 1. The van der Waals surface area contributed by atoms with Crippen LogP contribution in [-0.4, -0.2) is 50.0 Å². The number of carbonyl (C=O) groups is 1. The van der Waals surface area contributed by atoms with Gasteiger partial charge >= 0.3 is 0 Å². The van der Waals surface area contributed by atoms with Crippen molar-refractivity contribution in [1.82, 2.24) is 25.1 Å². The molecule has 8 heteroatoms. The number of nitrogens with zero attached hydrogens (tertiary/aromatic N) is 4. The second kappa shape index (κ2) is 8.02. The monoisotopic (exact) mass is 339 g/mol. The lowest BCUT2D eigenvalue weighted by molar-refractivity contribution is 0.0843. The minimum atomic E-state index is -0.819. The number of aliphatic hydroxyl groups excluding tert-OH is 1. The van der Waals surface area contributed by atoms with Crippen molar-refractivity contribution in [2.24, 2.45) is 0 Å². The first-order chi connectivity index (χ1) is 12.2. The fourth-order valence-corrected chi connectivity index (χ4v) is 2.09. The van der Waals surface area contributed by atoms with Crippen LogP contribution in [0.4, 0.5) is 0 Å². The van der Waals surface area contributed by atoms with Crippen LogP contribution in [0.15, 0.2) is 61.3 Å². The number of pyridine rings is 1. The van der Waals surface area contributed by atoms with E-state index in [0.29, 0.717) is 17.1 Å². The molecule has 0 saturated heterocycles. The Bertz CT molecular complexity index is 808. The quantitative estimate of drug-likeness (QED) is 0.661. The van der Waals surface area contributed by atoms with Crippen molar-refractivity contribution in [3.8, 4) is 11.6 Å². The van der Waals surface area contributed by atoms with Gasteiger partial charge in [-0.1, -0.05) is 18.2 Å². The number of carbonyl (C=O) groups excluding carboxylic acids is 1. The number of nitrogens with one attached hydrogen (secondary N) is 1. The Kier molecular flexibility index (Phi) is 5.32. The van der Waals surface area contributed by atoms with E-state index < -0.39 is 6.10 Å². The average molecular weight is 339 g/mol. The molecular weight excluding hydrogens is 322 g/mol. The molecule has 25 heavy (non-hydrogen) atoms. The maximum atomic E-state index is 12.2. The van der Waals surface area contributed by atoms with Gasteiger partial charge in [-0.15, -0.1) is 0 Å². The summed E-state index contributed by atoms with van der Waals surface area (Å²) >= 11 is 0. The Hall–Kier alpha value is -3.26. The molecule has 8 nitrogen and oxygen atoms in total. The Morgan fingerprint density at radius 2 is 2.12 bits per heavy atom. The number of amides is 1. The van der Waals surface area contributed by atoms with Crippen LogP contribution in [0, 0.1) is 0 Å². The maximum Gasteiger partial charge on any atom is 0.251 e. The molecule has 0 saturated carbocycles. The molecule has 0 bridgehead atoms. The van der Waals surface area contributed by atoms with E-state index in [1.54, 1.807) is 24.3 Å². The molecular formula is C17H17N5O3. The first-order valence-corrected chi connectivity index (χ1v) is 7.67. The van der Waals surface area contributed by atoms with Crippen molar-refractivity contribution in [3.05, 3.63) is 66.9 Å². The van der Waals surface area contributed by atoms with Crippen LogP contribution in [-0.2, 0) is 0 Å². The van der Waals surface area contributed by atoms with Crippen LogP contribution in [0.5, 0.6) is 5.75 Å². The molecule has 0 aliphatic heterocycles. The molecule has 2 heterocycles. The summed E-state index contributed by atoms with van der Waals surface area (Å²) in [4.78, 5) is 20.2. The number of hydrogen-bond donors (Lipinski definition) is 2. The van der Waals surface area contributed by atoms with Crippen LogP contribution in [0.2, 0.25) is 0 Å². The summed E-state index contributed by atoms with van der Waals surface area (Å²) < 4.78 is 6.90. The second-order valence-corrected chi connectivity index (χ2v) is 5.23. The fraction of sp³-hybridized carbons (Fsp3) is 0.176. The van der Waals surface area contributed by atoms with E-state index in [9.17, 15) is 9.90 Å². The van der Waals surface area contributed by atoms with Crippen molar-refractivity contribution in [2.45, 2.75) is 6.10 Å². The highest BCUT2D eigenvalue weighted by molar-refractivity contribution is 5.94. The van der Waals surface area contributed by atoms with E-state index in [4.69, 9.17) is 4.74 Å². The average Bonchev–Trinajstić information content (AvgIpc) is 3.20. The van der Waals surface area contributed by atoms with Crippen molar-refractivity contribution in [1.29, 1.82) is 0 Å². The molecule has 0 aliphatic carbocycles. The predicted molar refractivity (Wildman–Crippen MR) is 89.4 cm³/mol. The molecule has 0 unspecified atom stereocenters. The smallest absolute Gasteiger partial charge is 0.251 e. The summed E-state index contributed by atoms with van der Waals surface area (Å²) in [7, 11) is 0. The lowest BCUT2D eigenvalue weighted by Crippen LogP contribution is -2.35. The Morgan fingerprint density at radius 3 is 2.88 bits per heavy atom. The summed E-state index contributed by atoms with van der Waals surface area (Å²) in [5.41, 5.74) is 0.414. The predicted octanol–water partition coefficient (Wildman–Crippen LogP) is 0.832. The minimum absolute atomic E-state index is 0.0760. The molecule has 0 spiro atoms. The van der Waals surface area contributed by atoms with Gasteiger partial charge in [-0.3, -0.25) is 4.79 Å². The summed E-state index contributed by atoms with van der Waals surface area (Å²) in [5.74, 6) is 0.833. The Morgan fingerprint density at radius 1 is 1.28 bits per heavy atom. The zero-order valence-corrected chi connectivity index (χ0v) is 13.3. The Labute approximate surface area is 144 Å². The normalized spacial score (nSPS) is 11.7. The zero-order chi connectivity index (χ0) is 17.5. The van der Waals surface area contributed by atoms with E-state index in [2.05, 4.69) is 20.4 Å². The van der Waals surface area contributed by atoms with Crippen molar-refractivity contribution < 1.29 is 14.6 Å². The van der Waals surface area contributed by atoms with Crippen LogP contribution in [0.3, 0.4) is 0 Å². The van der Waals surface area contributed by atoms with Crippen molar-refractivity contribution in [3.63, 3.8) is 0 Å². The molecule has 2 aromatic heterocycles. The topological polar surface area (TPSA) is 102 Å². The molecule has 0 radical (unpaired) electrons. The van der Waals surface area contributed by atoms with E-state index in [0.717, 1.165) is 0 Å². The third-order valence-corrected chi connectivity index (χ3v) is 3.35. The molecule has 0 aliphatic rings. The summed E-state index contributed by atoms with van der Waals surface area (Å²) in [5, 5.41) is 16.6. The van der Waals surface area contributed by atoms with Gasteiger partial charge in [0.25, 0.3) is 5.91 Å². The second-order valence-electron chi connectivity index (χ2n) is 5.23. The molecule has 3 aromatic rings. The number of rotatable bonds is 7. The van der Waals surface area contributed by atoms with Crippen LogP contribution in [0.25, 0.3) is 5.82 Å². The molecule has 1 aromatic carbocycles. The molecule has 1 atom stereocenters. The van der Waals surface area contributed by atoms with E-state index >= 15 is 0 Å². The largest absolute Gasteiger partial charge is 0.491 e. The standard InChI is InChI=1S/C17H17N5O3/c23-14(10-25-15-4-2-1-3-5-15)9-20-17(24)13-6-7-19-16(8-13)22-12-18-11-21-22/h1-8,11-12,14,23H,9-10H2,(H,20,24)/t14-/m0/s1. The minimum Gasteiger partial charge on any atom is -0.491 e. The van der Waals surface area contributed by atoms with Gasteiger partial charge in [-0.05, 0) is 24.3 Å². The van der Waals surface area contributed by atoms with Gasteiger partial charge in [-0.25, -0.2) is 14.6 Å². The molecule has 3 rings (SSSR count). The SMILES string of the molecule is O=C(NC[C@H](O)COc1ccccc1)c1ccnc(-n2cncn2)c1. The van der Waals surface area contributed by atoms with Crippen molar-refractivity contribution in [2.75, 3.05) is 13.2 Å². The first-order valence-electron chi connectivity index (χ1n) is 7.67. The van der Waals surface area contributed by atoms with Gasteiger partial charge in [0, 0.05) is 18.3 Å². The Balaban J connectivity index is 1.51. The summed E-state index contributed by atoms with van der Waals surface area (Å²) in [6, 6.07) is 12.4. The summed E-state index contributed by atoms with van der Waals surface area (Å²) in [6.07, 6.45) is 3.58. The van der Waals surface area contributed by atoms with Crippen LogP contribution < -0.4 is 10.1 Å². The number of hydrogen-bond acceptors (Lipinski definition) is 6. The molecule has 1 amide bonds. The number of aromatic nitrogens is 4. The third kappa shape index (κ3) is 4.61. The number of aliphatic hydroxyl groups is 1. The third-order valence-electron chi connectivity index (χ3n) is 3.35.